The summed E-state index contributed by atoms with van der Waals surface area (Å²) in [6.45, 7) is 6.50. The van der Waals surface area contributed by atoms with Crippen LogP contribution in [-0.4, -0.2) is 40.9 Å². The molecule has 0 saturated heterocycles. The number of thioether (sulfide) groups is 1. The van der Waals surface area contributed by atoms with E-state index in [9.17, 15) is 8.42 Å². The fourth-order valence-electron chi connectivity index (χ4n) is 2.59. The number of hydrogen-bond donors (Lipinski definition) is 0. The molecule has 0 amide bonds. The van der Waals surface area contributed by atoms with Crippen molar-refractivity contribution in [2.45, 2.75) is 36.4 Å². The summed E-state index contributed by atoms with van der Waals surface area (Å²) >= 11 is 1.41. The summed E-state index contributed by atoms with van der Waals surface area (Å²) in [5, 5.41) is 4.70. The molecule has 0 saturated carbocycles. The largest absolute Gasteiger partial charge is 0.338 e. The zero-order chi connectivity index (χ0) is 20.1. The van der Waals surface area contributed by atoms with Gasteiger partial charge in [0.1, 0.15) is 4.90 Å². The summed E-state index contributed by atoms with van der Waals surface area (Å²) in [7, 11) is -3.49. The molecule has 2 aromatic heterocycles. The van der Waals surface area contributed by atoms with Crippen LogP contribution < -0.4 is 0 Å². The van der Waals surface area contributed by atoms with Crippen LogP contribution in [0.5, 0.6) is 0 Å². The Hall–Kier alpha value is -2.23. The molecule has 0 unspecified atom stereocenters. The molecule has 0 atom stereocenters. The van der Waals surface area contributed by atoms with E-state index >= 15 is 0 Å². The average Bonchev–Trinajstić information content (AvgIpc) is 3.17. The lowest BCUT2D eigenvalue weighted by Gasteiger charge is -2.18. The highest BCUT2D eigenvalue weighted by atomic mass is 32.2. The molecular formula is C19H22N4O3S2. The summed E-state index contributed by atoms with van der Waals surface area (Å²) in [5.41, 5.74) is 2.07. The first-order valence-electron chi connectivity index (χ1n) is 8.92. The summed E-state index contributed by atoms with van der Waals surface area (Å²) in [6, 6.07) is 11.2. The zero-order valence-corrected chi connectivity index (χ0v) is 17.6. The van der Waals surface area contributed by atoms with Crippen molar-refractivity contribution in [1.29, 1.82) is 0 Å². The number of sulfonamides is 1. The standard InChI is InChI=1S/C19H22N4O3S2/c1-4-23(5-2)28(24,25)16-10-11-18(20-12-16)27-13-17-21-19(22-26-17)15-8-6-14(3)7-9-15/h6-12H,4-5,13H2,1-3H3. The highest BCUT2D eigenvalue weighted by molar-refractivity contribution is 7.98. The summed E-state index contributed by atoms with van der Waals surface area (Å²) in [6.07, 6.45) is 1.39. The van der Waals surface area contributed by atoms with Gasteiger partial charge >= 0.3 is 0 Å². The van der Waals surface area contributed by atoms with Crippen molar-refractivity contribution in [2.75, 3.05) is 13.1 Å². The van der Waals surface area contributed by atoms with Crippen molar-refractivity contribution < 1.29 is 12.9 Å². The van der Waals surface area contributed by atoms with E-state index in [1.807, 2.05) is 45.0 Å². The first-order chi connectivity index (χ1) is 13.4. The first kappa shape index (κ1) is 20.5. The van der Waals surface area contributed by atoms with E-state index in [2.05, 4.69) is 15.1 Å². The van der Waals surface area contributed by atoms with Crippen LogP contribution in [-0.2, 0) is 15.8 Å². The number of nitrogens with zero attached hydrogens (tertiary/aromatic N) is 4. The Labute approximate surface area is 169 Å². The highest BCUT2D eigenvalue weighted by Crippen LogP contribution is 2.24. The maximum Gasteiger partial charge on any atom is 0.244 e. The molecular weight excluding hydrogens is 396 g/mol. The van der Waals surface area contributed by atoms with Crippen molar-refractivity contribution in [1.82, 2.24) is 19.4 Å². The van der Waals surface area contributed by atoms with Gasteiger partial charge in [0.2, 0.25) is 21.7 Å². The Morgan fingerprint density at radius 2 is 1.79 bits per heavy atom. The van der Waals surface area contributed by atoms with Crippen LogP contribution in [0.25, 0.3) is 11.4 Å². The van der Waals surface area contributed by atoms with E-state index in [1.54, 1.807) is 12.1 Å². The summed E-state index contributed by atoms with van der Waals surface area (Å²) in [4.78, 5) is 8.85. The van der Waals surface area contributed by atoms with Gasteiger partial charge in [0.15, 0.2) is 0 Å². The van der Waals surface area contributed by atoms with E-state index in [0.29, 0.717) is 35.6 Å². The van der Waals surface area contributed by atoms with Gasteiger partial charge in [0.05, 0.1) is 10.8 Å². The van der Waals surface area contributed by atoms with Crippen molar-refractivity contribution in [2.24, 2.45) is 0 Å². The van der Waals surface area contributed by atoms with Crippen LogP contribution in [0.4, 0.5) is 0 Å². The maximum absolute atomic E-state index is 12.5. The quantitative estimate of drug-likeness (QED) is 0.515. The van der Waals surface area contributed by atoms with Gasteiger partial charge in [-0.1, -0.05) is 60.6 Å². The third kappa shape index (κ3) is 4.60. The normalized spacial score (nSPS) is 11.9. The Morgan fingerprint density at radius 1 is 1.07 bits per heavy atom. The molecule has 7 nitrogen and oxygen atoms in total. The molecule has 3 rings (SSSR count). The van der Waals surface area contributed by atoms with E-state index in [-0.39, 0.29) is 4.90 Å². The van der Waals surface area contributed by atoms with E-state index in [4.69, 9.17) is 4.52 Å². The minimum atomic E-state index is -3.49. The maximum atomic E-state index is 12.5. The van der Waals surface area contributed by atoms with E-state index in [0.717, 1.165) is 5.56 Å². The lowest BCUT2D eigenvalue weighted by atomic mass is 10.1. The van der Waals surface area contributed by atoms with Gasteiger partial charge in [-0.3, -0.25) is 0 Å². The molecule has 0 bridgehead atoms. The summed E-state index contributed by atoms with van der Waals surface area (Å²) in [5.74, 6) is 1.49. The molecule has 0 fully saturated rings. The second-order valence-corrected chi connectivity index (χ2v) is 9.02. The van der Waals surface area contributed by atoms with E-state index in [1.165, 1.54) is 27.8 Å². The topological polar surface area (TPSA) is 89.2 Å². The lowest BCUT2D eigenvalue weighted by molar-refractivity contribution is 0.391. The van der Waals surface area contributed by atoms with Crippen LogP contribution >= 0.6 is 11.8 Å². The van der Waals surface area contributed by atoms with Crippen LogP contribution in [0.1, 0.15) is 25.3 Å². The molecule has 0 aliphatic carbocycles. The molecule has 0 N–H and O–H groups in total. The third-order valence-corrected chi connectivity index (χ3v) is 7.14. The van der Waals surface area contributed by atoms with Gasteiger partial charge in [-0.2, -0.15) is 9.29 Å². The molecule has 2 heterocycles. The Bertz CT molecular complexity index is 1010. The molecule has 28 heavy (non-hydrogen) atoms. The first-order valence-corrected chi connectivity index (χ1v) is 11.3. The molecule has 0 aliphatic rings. The van der Waals surface area contributed by atoms with Crippen LogP contribution in [0.15, 0.2) is 57.0 Å². The zero-order valence-electron chi connectivity index (χ0n) is 16.0. The van der Waals surface area contributed by atoms with Crippen molar-refractivity contribution in [3.05, 3.63) is 54.0 Å². The highest BCUT2D eigenvalue weighted by Gasteiger charge is 2.21. The Morgan fingerprint density at radius 3 is 2.39 bits per heavy atom. The Kier molecular flexibility index (Phi) is 6.48. The van der Waals surface area contributed by atoms with Crippen LogP contribution in [0.3, 0.4) is 0 Å². The van der Waals surface area contributed by atoms with Crippen LogP contribution in [0.2, 0.25) is 0 Å². The van der Waals surface area contributed by atoms with Gasteiger partial charge in [-0.25, -0.2) is 13.4 Å². The number of aryl methyl sites for hydroxylation is 1. The van der Waals surface area contributed by atoms with Gasteiger partial charge in [0.25, 0.3) is 0 Å². The molecule has 9 heteroatoms. The Balaban J connectivity index is 1.65. The minimum Gasteiger partial charge on any atom is -0.338 e. The van der Waals surface area contributed by atoms with Crippen molar-refractivity contribution in [3.63, 3.8) is 0 Å². The number of hydrogen-bond acceptors (Lipinski definition) is 7. The predicted octanol–water partition coefficient (Wildman–Crippen LogP) is 3.76. The van der Waals surface area contributed by atoms with Crippen LogP contribution in [0, 0.1) is 6.92 Å². The van der Waals surface area contributed by atoms with E-state index < -0.39 is 10.0 Å². The second-order valence-electron chi connectivity index (χ2n) is 6.09. The molecule has 0 spiro atoms. The number of aromatic nitrogens is 3. The molecule has 0 aliphatic heterocycles. The molecule has 0 radical (unpaired) electrons. The average molecular weight is 419 g/mol. The fraction of sp³-hybridized carbons (Fsp3) is 0.316. The van der Waals surface area contributed by atoms with Gasteiger partial charge in [-0.05, 0) is 19.1 Å². The van der Waals surface area contributed by atoms with Gasteiger partial charge < -0.3 is 4.52 Å². The minimum absolute atomic E-state index is 0.194. The van der Waals surface area contributed by atoms with Crippen molar-refractivity contribution >= 4 is 21.8 Å². The fourth-order valence-corrected chi connectivity index (χ4v) is 4.67. The number of rotatable bonds is 8. The summed E-state index contributed by atoms with van der Waals surface area (Å²) < 4.78 is 31.7. The second kappa shape index (κ2) is 8.85. The molecule has 148 valence electrons. The third-order valence-electron chi connectivity index (χ3n) is 4.17. The number of pyridine rings is 1. The smallest absolute Gasteiger partial charge is 0.244 e. The molecule has 3 aromatic rings. The molecule has 1 aromatic carbocycles. The SMILES string of the molecule is CCN(CC)S(=O)(=O)c1ccc(SCc2nc(-c3ccc(C)cc3)no2)nc1. The van der Waals surface area contributed by atoms with Crippen molar-refractivity contribution in [3.8, 4) is 11.4 Å². The monoisotopic (exact) mass is 418 g/mol. The number of benzene rings is 1. The lowest BCUT2D eigenvalue weighted by Crippen LogP contribution is -2.30. The van der Waals surface area contributed by atoms with Gasteiger partial charge in [-0.15, -0.1) is 0 Å². The predicted molar refractivity (Wildman–Crippen MR) is 108 cm³/mol. The van der Waals surface area contributed by atoms with Gasteiger partial charge in [0, 0.05) is 24.8 Å².